The molecule has 0 aliphatic carbocycles. The molecule has 1 N–H and O–H groups in total. The lowest BCUT2D eigenvalue weighted by Gasteiger charge is -2.28. The predicted octanol–water partition coefficient (Wildman–Crippen LogP) is 3.15. The van der Waals surface area contributed by atoms with E-state index in [0.29, 0.717) is 27.9 Å². The van der Waals surface area contributed by atoms with Crippen molar-refractivity contribution in [2.75, 3.05) is 30.1 Å². The fourth-order valence-electron chi connectivity index (χ4n) is 2.56. The van der Waals surface area contributed by atoms with Crippen LogP contribution in [0.15, 0.2) is 42.5 Å². The SMILES string of the molecule is COc1ccc(NC(=O)[C@@H](C)N(c2cccc(Cl)c2)S(C)(=O)=O)c(OC)c1. The van der Waals surface area contributed by atoms with Crippen molar-refractivity contribution >= 4 is 38.9 Å². The zero-order chi connectivity index (χ0) is 20.2. The van der Waals surface area contributed by atoms with Crippen LogP contribution in [0.3, 0.4) is 0 Å². The topological polar surface area (TPSA) is 84.9 Å². The van der Waals surface area contributed by atoms with E-state index in [1.54, 1.807) is 36.4 Å². The number of hydrogen-bond donors (Lipinski definition) is 1. The van der Waals surface area contributed by atoms with E-state index in [1.807, 2.05) is 0 Å². The van der Waals surface area contributed by atoms with Crippen LogP contribution in [0.25, 0.3) is 0 Å². The lowest BCUT2D eigenvalue weighted by Crippen LogP contribution is -2.45. The van der Waals surface area contributed by atoms with Crippen LogP contribution in [0.2, 0.25) is 5.02 Å². The van der Waals surface area contributed by atoms with E-state index in [9.17, 15) is 13.2 Å². The largest absolute Gasteiger partial charge is 0.497 e. The van der Waals surface area contributed by atoms with Gasteiger partial charge in [0.25, 0.3) is 0 Å². The molecule has 0 spiro atoms. The summed E-state index contributed by atoms with van der Waals surface area (Å²) in [6.45, 7) is 1.49. The first-order valence-electron chi connectivity index (χ1n) is 7.95. The molecule has 0 saturated heterocycles. The van der Waals surface area contributed by atoms with E-state index < -0.39 is 22.0 Å². The number of nitrogens with zero attached hydrogens (tertiary/aromatic N) is 1. The summed E-state index contributed by atoms with van der Waals surface area (Å²) in [4.78, 5) is 12.7. The molecule has 1 atom stereocenters. The molecule has 2 rings (SSSR count). The number of carbonyl (C=O) groups excluding carboxylic acids is 1. The number of ether oxygens (including phenoxy) is 2. The Morgan fingerprint density at radius 3 is 2.41 bits per heavy atom. The summed E-state index contributed by atoms with van der Waals surface area (Å²) in [5.74, 6) is 0.432. The molecule has 0 aliphatic rings. The lowest BCUT2D eigenvalue weighted by molar-refractivity contribution is -0.116. The third-order valence-corrected chi connectivity index (χ3v) is 5.29. The van der Waals surface area contributed by atoms with Crippen molar-refractivity contribution in [2.45, 2.75) is 13.0 Å². The second-order valence-electron chi connectivity index (χ2n) is 5.77. The van der Waals surface area contributed by atoms with Crippen molar-refractivity contribution < 1.29 is 22.7 Å². The third kappa shape index (κ3) is 5.05. The average Bonchev–Trinajstić information content (AvgIpc) is 2.60. The summed E-state index contributed by atoms with van der Waals surface area (Å²) in [6, 6.07) is 10.2. The minimum Gasteiger partial charge on any atom is -0.497 e. The number of anilines is 2. The number of rotatable bonds is 7. The molecular formula is C18H21ClN2O5S. The summed E-state index contributed by atoms with van der Waals surface area (Å²) >= 11 is 5.97. The Balaban J connectivity index is 2.33. The van der Waals surface area contributed by atoms with E-state index in [1.165, 1.54) is 27.2 Å². The van der Waals surface area contributed by atoms with E-state index >= 15 is 0 Å². The quantitative estimate of drug-likeness (QED) is 0.755. The molecule has 0 saturated carbocycles. The maximum absolute atomic E-state index is 12.7. The molecule has 27 heavy (non-hydrogen) atoms. The fourth-order valence-corrected chi connectivity index (χ4v) is 3.91. The summed E-state index contributed by atoms with van der Waals surface area (Å²) < 4.78 is 36.0. The number of halogens is 1. The van der Waals surface area contributed by atoms with Crippen molar-refractivity contribution in [3.63, 3.8) is 0 Å². The first kappa shape index (κ1) is 20.9. The normalized spacial score (nSPS) is 12.2. The summed E-state index contributed by atoms with van der Waals surface area (Å²) in [7, 11) is -0.756. The Hall–Kier alpha value is -2.45. The smallest absolute Gasteiger partial charge is 0.248 e. The van der Waals surface area contributed by atoms with Gasteiger partial charge < -0.3 is 14.8 Å². The molecule has 0 fully saturated rings. The Kier molecular flexibility index (Phi) is 6.56. The zero-order valence-electron chi connectivity index (χ0n) is 15.4. The summed E-state index contributed by atoms with van der Waals surface area (Å²) in [5, 5.41) is 3.06. The lowest BCUT2D eigenvalue weighted by atomic mass is 10.2. The van der Waals surface area contributed by atoms with Crippen LogP contribution >= 0.6 is 11.6 Å². The van der Waals surface area contributed by atoms with Crippen molar-refractivity contribution in [3.05, 3.63) is 47.5 Å². The molecule has 0 aromatic heterocycles. The van der Waals surface area contributed by atoms with Crippen molar-refractivity contribution in [2.24, 2.45) is 0 Å². The average molecular weight is 413 g/mol. The number of hydrogen-bond acceptors (Lipinski definition) is 5. The molecule has 146 valence electrons. The fraction of sp³-hybridized carbons (Fsp3) is 0.278. The van der Waals surface area contributed by atoms with Gasteiger partial charge in [0.2, 0.25) is 15.9 Å². The Bertz CT molecular complexity index is 933. The monoisotopic (exact) mass is 412 g/mol. The summed E-state index contributed by atoms with van der Waals surface area (Å²) in [5.41, 5.74) is 0.698. The molecule has 0 radical (unpaired) electrons. The molecule has 0 bridgehead atoms. The van der Waals surface area contributed by atoms with E-state index in [4.69, 9.17) is 21.1 Å². The second-order valence-corrected chi connectivity index (χ2v) is 8.07. The maximum Gasteiger partial charge on any atom is 0.248 e. The van der Waals surface area contributed by atoms with Crippen LogP contribution in [0, 0.1) is 0 Å². The zero-order valence-corrected chi connectivity index (χ0v) is 17.0. The van der Waals surface area contributed by atoms with Gasteiger partial charge in [0.1, 0.15) is 17.5 Å². The molecule has 0 unspecified atom stereocenters. The van der Waals surface area contributed by atoms with Crippen molar-refractivity contribution in [3.8, 4) is 11.5 Å². The Morgan fingerprint density at radius 2 is 1.85 bits per heavy atom. The van der Waals surface area contributed by atoms with E-state index in [2.05, 4.69) is 5.32 Å². The van der Waals surface area contributed by atoms with Gasteiger partial charge in [-0.2, -0.15) is 0 Å². The maximum atomic E-state index is 12.7. The van der Waals surface area contributed by atoms with Gasteiger partial charge in [0.05, 0.1) is 31.9 Å². The number of benzene rings is 2. The van der Waals surface area contributed by atoms with E-state index in [-0.39, 0.29) is 0 Å². The first-order chi connectivity index (χ1) is 12.7. The highest BCUT2D eigenvalue weighted by molar-refractivity contribution is 7.92. The molecule has 0 aliphatic heterocycles. The molecule has 0 heterocycles. The molecule has 1 amide bonds. The minimum absolute atomic E-state index is 0.300. The van der Waals surface area contributed by atoms with Crippen LogP contribution in [-0.2, 0) is 14.8 Å². The van der Waals surface area contributed by atoms with Gasteiger partial charge in [-0.1, -0.05) is 17.7 Å². The van der Waals surface area contributed by atoms with Crippen molar-refractivity contribution in [1.29, 1.82) is 0 Å². The third-order valence-electron chi connectivity index (χ3n) is 3.82. The standard InChI is InChI=1S/C18H21ClN2O5S/c1-12(21(27(4,23)24)14-7-5-6-13(19)10-14)18(22)20-16-9-8-15(25-2)11-17(16)26-3/h5-12H,1-4H3,(H,20,22)/t12-/m1/s1. The highest BCUT2D eigenvalue weighted by atomic mass is 35.5. The first-order valence-corrected chi connectivity index (χ1v) is 10.2. The molecule has 7 nitrogen and oxygen atoms in total. The van der Waals surface area contributed by atoms with Crippen LogP contribution in [0.5, 0.6) is 11.5 Å². The van der Waals surface area contributed by atoms with Crippen LogP contribution in [0.1, 0.15) is 6.92 Å². The minimum atomic E-state index is -3.74. The predicted molar refractivity (Wildman–Crippen MR) is 106 cm³/mol. The van der Waals surface area contributed by atoms with Gasteiger partial charge in [0, 0.05) is 11.1 Å². The second kappa shape index (κ2) is 8.49. The van der Waals surface area contributed by atoms with Gasteiger partial charge in [-0.05, 0) is 37.3 Å². The highest BCUT2D eigenvalue weighted by Gasteiger charge is 2.29. The number of sulfonamides is 1. The van der Waals surface area contributed by atoms with E-state index in [0.717, 1.165) is 10.6 Å². The van der Waals surface area contributed by atoms with Gasteiger partial charge in [-0.15, -0.1) is 0 Å². The van der Waals surface area contributed by atoms with Crippen LogP contribution in [0.4, 0.5) is 11.4 Å². The van der Waals surface area contributed by atoms with Gasteiger partial charge in [0.15, 0.2) is 0 Å². The number of nitrogens with one attached hydrogen (secondary N) is 1. The molecular weight excluding hydrogens is 392 g/mol. The Labute approximate surface area is 163 Å². The molecule has 9 heteroatoms. The van der Waals surface area contributed by atoms with Gasteiger partial charge >= 0.3 is 0 Å². The Morgan fingerprint density at radius 1 is 1.15 bits per heavy atom. The number of carbonyl (C=O) groups is 1. The number of methoxy groups -OCH3 is 2. The number of amides is 1. The van der Waals surface area contributed by atoms with Crippen LogP contribution < -0.4 is 19.1 Å². The molecule has 2 aromatic carbocycles. The van der Waals surface area contributed by atoms with Crippen molar-refractivity contribution in [1.82, 2.24) is 0 Å². The van der Waals surface area contributed by atoms with Gasteiger partial charge in [-0.25, -0.2) is 8.42 Å². The highest BCUT2D eigenvalue weighted by Crippen LogP contribution is 2.30. The van der Waals surface area contributed by atoms with Gasteiger partial charge in [-0.3, -0.25) is 9.10 Å². The van der Waals surface area contributed by atoms with Crippen LogP contribution in [-0.4, -0.2) is 40.8 Å². The summed E-state index contributed by atoms with van der Waals surface area (Å²) in [6.07, 6.45) is 1.03. The molecule has 2 aromatic rings.